The first-order valence-corrected chi connectivity index (χ1v) is 5.23. The highest BCUT2D eigenvalue weighted by atomic mass is 16.5. The number of hydrogen-bond acceptors (Lipinski definition) is 2. The first-order chi connectivity index (χ1) is 5.79. The van der Waals surface area contributed by atoms with Gasteiger partial charge >= 0.3 is 0 Å². The van der Waals surface area contributed by atoms with Crippen LogP contribution in [0.2, 0.25) is 0 Å². The minimum absolute atomic E-state index is 0.00206. The molecule has 0 aliphatic heterocycles. The fraction of sp³-hybridized carbons (Fsp3) is 1.00. The Balaban J connectivity index is 2.49. The monoisotopic (exact) mass is 185 g/mol. The van der Waals surface area contributed by atoms with Gasteiger partial charge in [0, 0.05) is 11.5 Å². The Morgan fingerprint density at radius 1 is 1.46 bits per heavy atom. The molecule has 2 atom stereocenters. The van der Waals surface area contributed by atoms with Gasteiger partial charge in [-0.1, -0.05) is 20.8 Å². The molecule has 1 rings (SSSR count). The van der Waals surface area contributed by atoms with Crippen LogP contribution in [0, 0.1) is 5.41 Å². The van der Waals surface area contributed by atoms with Crippen LogP contribution in [0.15, 0.2) is 0 Å². The lowest BCUT2D eigenvalue weighted by molar-refractivity contribution is -0.173. The van der Waals surface area contributed by atoms with E-state index in [1.807, 2.05) is 0 Å². The number of hydrogen-bond donors (Lipinski definition) is 1. The molecule has 13 heavy (non-hydrogen) atoms. The predicted octanol–water partition coefficient (Wildman–Crippen LogP) is 2.32. The Kier molecular flexibility index (Phi) is 2.75. The Labute approximate surface area is 81.8 Å². The average molecular weight is 185 g/mol. The van der Waals surface area contributed by atoms with Gasteiger partial charge in [-0.05, 0) is 26.7 Å². The summed E-state index contributed by atoms with van der Waals surface area (Å²) < 4.78 is 6.03. The van der Waals surface area contributed by atoms with E-state index in [9.17, 15) is 0 Å². The normalized spacial score (nSPS) is 32.8. The molecule has 2 heteroatoms. The smallest absolute Gasteiger partial charge is 0.0663 e. The summed E-state index contributed by atoms with van der Waals surface area (Å²) in [5.74, 6) is 0. The summed E-state index contributed by atoms with van der Waals surface area (Å²) in [6, 6.07) is 0.310. The standard InChI is InChI=1S/C11H23NO/c1-6-10(2,3)13-9-7-8(12)11(9,4)5/h8-9H,6-7,12H2,1-5H3. The second-order valence-corrected chi connectivity index (χ2v) is 5.38. The van der Waals surface area contributed by atoms with Crippen molar-refractivity contribution in [2.24, 2.45) is 11.1 Å². The molecule has 0 heterocycles. The van der Waals surface area contributed by atoms with Crippen molar-refractivity contribution >= 4 is 0 Å². The fourth-order valence-corrected chi connectivity index (χ4v) is 1.58. The SMILES string of the molecule is CCC(C)(C)OC1CC(N)C1(C)C. The number of ether oxygens (including phenoxy) is 1. The van der Waals surface area contributed by atoms with E-state index >= 15 is 0 Å². The molecule has 1 aliphatic rings. The van der Waals surface area contributed by atoms with Gasteiger partial charge in [0.2, 0.25) is 0 Å². The van der Waals surface area contributed by atoms with Gasteiger partial charge in [-0.2, -0.15) is 0 Å². The molecule has 1 fully saturated rings. The third-order valence-corrected chi connectivity index (χ3v) is 3.57. The third-order valence-electron chi connectivity index (χ3n) is 3.57. The van der Waals surface area contributed by atoms with E-state index in [1.165, 1.54) is 0 Å². The molecular weight excluding hydrogens is 162 g/mol. The minimum Gasteiger partial charge on any atom is -0.372 e. The zero-order valence-corrected chi connectivity index (χ0v) is 9.55. The highest BCUT2D eigenvalue weighted by molar-refractivity contribution is 5.01. The first kappa shape index (κ1) is 11.0. The molecule has 78 valence electrons. The molecule has 0 spiro atoms. The molecule has 2 unspecified atom stereocenters. The molecule has 2 N–H and O–H groups in total. The van der Waals surface area contributed by atoms with Crippen LogP contribution < -0.4 is 5.73 Å². The predicted molar refractivity (Wildman–Crippen MR) is 55.6 cm³/mol. The zero-order valence-electron chi connectivity index (χ0n) is 9.55. The van der Waals surface area contributed by atoms with Gasteiger partial charge in [-0.15, -0.1) is 0 Å². The van der Waals surface area contributed by atoms with Crippen LogP contribution in [0.4, 0.5) is 0 Å². The van der Waals surface area contributed by atoms with Gasteiger partial charge < -0.3 is 10.5 Å². The quantitative estimate of drug-likeness (QED) is 0.732. The van der Waals surface area contributed by atoms with Crippen LogP contribution in [-0.2, 0) is 4.74 Å². The van der Waals surface area contributed by atoms with E-state index in [1.54, 1.807) is 0 Å². The van der Waals surface area contributed by atoms with Crippen molar-refractivity contribution in [2.45, 2.75) is 65.2 Å². The van der Waals surface area contributed by atoms with Gasteiger partial charge in [0.05, 0.1) is 11.7 Å². The van der Waals surface area contributed by atoms with Crippen molar-refractivity contribution < 1.29 is 4.74 Å². The van der Waals surface area contributed by atoms with Crippen molar-refractivity contribution in [3.8, 4) is 0 Å². The second kappa shape index (κ2) is 3.25. The Bertz CT molecular complexity index is 187. The summed E-state index contributed by atoms with van der Waals surface area (Å²) in [5, 5.41) is 0. The van der Waals surface area contributed by atoms with E-state index in [0.29, 0.717) is 12.1 Å². The molecule has 0 saturated heterocycles. The van der Waals surface area contributed by atoms with Crippen LogP contribution in [0.5, 0.6) is 0 Å². The lowest BCUT2D eigenvalue weighted by Gasteiger charge is -2.52. The summed E-state index contributed by atoms with van der Waals surface area (Å²) in [4.78, 5) is 0. The zero-order chi connectivity index (χ0) is 10.3. The van der Waals surface area contributed by atoms with E-state index < -0.39 is 0 Å². The molecular formula is C11H23NO. The number of rotatable bonds is 3. The Hall–Kier alpha value is -0.0800. The molecule has 0 bridgehead atoms. The molecule has 1 saturated carbocycles. The molecule has 0 aromatic carbocycles. The van der Waals surface area contributed by atoms with Gasteiger partial charge in [-0.25, -0.2) is 0 Å². The number of nitrogens with two attached hydrogens (primary N) is 1. The Morgan fingerprint density at radius 3 is 2.31 bits per heavy atom. The van der Waals surface area contributed by atoms with Crippen molar-refractivity contribution in [2.75, 3.05) is 0 Å². The van der Waals surface area contributed by atoms with Gasteiger partial charge in [0.15, 0.2) is 0 Å². The van der Waals surface area contributed by atoms with Crippen LogP contribution in [0.3, 0.4) is 0 Å². The van der Waals surface area contributed by atoms with Gasteiger partial charge in [-0.3, -0.25) is 0 Å². The summed E-state index contributed by atoms with van der Waals surface area (Å²) in [5.41, 5.74) is 6.09. The van der Waals surface area contributed by atoms with E-state index in [0.717, 1.165) is 12.8 Å². The van der Waals surface area contributed by atoms with E-state index in [4.69, 9.17) is 10.5 Å². The van der Waals surface area contributed by atoms with Crippen LogP contribution in [0.25, 0.3) is 0 Å². The summed E-state index contributed by atoms with van der Waals surface area (Å²) in [6.45, 7) is 10.8. The summed E-state index contributed by atoms with van der Waals surface area (Å²) in [6.07, 6.45) is 2.41. The Morgan fingerprint density at radius 2 is 2.00 bits per heavy atom. The molecule has 0 aromatic rings. The van der Waals surface area contributed by atoms with E-state index in [-0.39, 0.29) is 11.0 Å². The van der Waals surface area contributed by atoms with Crippen molar-refractivity contribution in [3.63, 3.8) is 0 Å². The van der Waals surface area contributed by atoms with Crippen LogP contribution >= 0.6 is 0 Å². The molecule has 0 aromatic heterocycles. The topological polar surface area (TPSA) is 35.2 Å². The molecule has 0 amide bonds. The van der Waals surface area contributed by atoms with Crippen molar-refractivity contribution in [1.82, 2.24) is 0 Å². The minimum atomic E-state index is 0.00206. The average Bonchev–Trinajstić information content (AvgIpc) is 2.04. The van der Waals surface area contributed by atoms with Crippen LogP contribution in [-0.4, -0.2) is 17.7 Å². The molecule has 0 radical (unpaired) electrons. The summed E-state index contributed by atoms with van der Waals surface area (Å²) >= 11 is 0. The first-order valence-electron chi connectivity index (χ1n) is 5.23. The lowest BCUT2D eigenvalue weighted by Crippen LogP contribution is -2.60. The molecule has 1 aliphatic carbocycles. The van der Waals surface area contributed by atoms with Crippen molar-refractivity contribution in [3.05, 3.63) is 0 Å². The summed E-state index contributed by atoms with van der Waals surface area (Å²) in [7, 11) is 0. The highest BCUT2D eigenvalue weighted by Gasteiger charge is 2.48. The van der Waals surface area contributed by atoms with Crippen molar-refractivity contribution in [1.29, 1.82) is 0 Å². The van der Waals surface area contributed by atoms with Gasteiger partial charge in [0.25, 0.3) is 0 Å². The maximum absolute atomic E-state index is 6.03. The van der Waals surface area contributed by atoms with Crippen LogP contribution in [0.1, 0.15) is 47.5 Å². The van der Waals surface area contributed by atoms with Gasteiger partial charge in [0.1, 0.15) is 0 Å². The van der Waals surface area contributed by atoms with E-state index in [2.05, 4.69) is 34.6 Å². The highest BCUT2D eigenvalue weighted by Crippen LogP contribution is 2.43. The maximum atomic E-state index is 6.03. The largest absolute Gasteiger partial charge is 0.372 e. The molecule has 2 nitrogen and oxygen atoms in total. The maximum Gasteiger partial charge on any atom is 0.0663 e. The lowest BCUT2D eigenvalue weighted by atomic mass is 9.65. The second-order valence-electron chi connectivity index (χ2n) is 5.38. The fourth-order valence-electron chi connectivity index (χ4n) is 1.58. The third kappa shape index (κ3) is 2.05.